The Balaban J connectivity index is 1.58. The smallest absolute Gasteiger partial charge is 0.276 e. The number of methoxy groups -OCH3 is 1. The summed E-state index contributed by atoms with van der Waals surface area (Å²) in [5, 5.41) is 3.77. The van der Waals surface area contributed by atoms with E-state index in [2.05, 4.69) is 20.2 Å². The lowest BCUT2D eigenvalue weighted by Crippen LogP contribution is -2.37. The molecule has 1 aliphatic rings. The van der Waals surface area contributed by atoms with Crippen molar-refractivity contribution in [3.05, 3.63) is 46.6 Å². The Morgan fingerprint density at radius 1 is 1.20 bits per heavy atom. The second-order valence-electron chi connectivity index (χ2n) is 8.07. The van der Waals surface area contributed by atoms with E-state index in [9.17, 15) is 9.59 Å². The number of fused-ring (bicyclic) bond motifs is 1. The minimum Gasteiger partial charge on any atom is -0.492 e. The molecule has 2 aromatic heterocycles. The van der Waals surface area contributed by atoms with Crippen molar-refractivity contribution in [1.29, 1.82) is 0 Å². The summed E-state index contributed by atoms with van der Waals surface area (Å²) in [5.74, 6) is 0.999. The third-order valence-corrected chi connectivity index (χ3v) is 5.85. The number of aromatic nitrogens is 3. The summed E-state index contributed by atoms with van der Waals surface area (Å²) in [6.45, 7) is 7.00. The number of carbonyl (C=O) groups excluding carboxylic acids is 1. The van der Waals surface area contributed by atoms with Crippen molar-refractivity contribution < 1.29 is 19.0 Å². The fraction of sp³-hybridized carbons (Fsp3) is 0.417. The number of benzene rings is 1. The topological polar surface area (TPSA) is 134 Å². The van der Waals surface area contributed by atoms with Crippen LogP contribution >= 0.6 is 0 Å². The highest BCUT2D eigenvalue weighted by atomic mass is 16.5. The largest absolute Gasteiger partial charge is 0.492 e. The van der Waals surface area contributed by atoms with Gasteiger partial charge in [0.05, 0.1) is 44.7 Å². The molecule has 1 fully saturated rings. The van der Waals surface area contributed by atoms with E-state index in [0.717, 1.165) is 39.3 Å². The van der Waals surface area contributed by atoms with Gasteiger partial charge in [-0.25, -0.2) is 9.97 Å². The number of nitrogens with one attached hydrogen (secondary N) is 1. The summed E-state index contributed by atoms with van der Waals surface area (Å²) < 4.78 is 18.5. The molecule has 0 bridgehead atoms. The standard InChI is InChI=1S/C24H30N6O5/c1-3-30-21(28-23(31)18-14-27-20(25)15-26-18)13-17-16(24(30)32)5-6-19(22(17)33-2)35-10-4-7-29-8-11-34-12-9-29/h5-6,13-15H,3-4,7-12H2,1-2H3,(H2,25,27)(H,28,31). The maximum atomic E-state index is 13.2. The zero-order chi connectivity index (χ0) is 24.8. The van der Waals surface area contributed by atoms with Crippen LogP contribution in [-0.2, 0) is 11.3 Å². The normalized spacial score (nSPS) is 14.1. The summed E-state index contributed by atoms with van der Waals surface area (Å²) in [7, 11) is 1.53. The molecule has 0 aliphatic carbocycles. The summed E-state index contributed by atoms with van der Waals surface area (Å²) >= 11 is 0. The van der Waals surface area contributed by atoms with Crippen molar-refractivity contribution in [3.63, 3.8) is 0 Å². The maximum Gasteiger partial charge on any atom is 0.276 e. The van der Waals surface area contributed by atoms with E-state index in [1.165, 1.54) is 24.1 Å². The molecule has 3 heterocycles. The molecule has 0 unspecified atom stereocenters. The van der Waals surface area contributed by atoms with Gasteiger partial charge in [-0.2, -0.15) is 0 Å². The summed E-state index contributed by atoms with van der Waals surface area (Å²) in [6.07, 6.45) is 3.43. The van der Waals surface area contributed by atoms with Crippen LogP contribution in [0.15, 0.2) is 35.4 Å². The highest BCUT2D eigenvalue weighted by Crippen LogP contribution is 2.35. The van der Waals surface area contributed by atoms with E-state index in [1.807, 2.05) is 6.92 Å². The number of carbonyl (C=O) groups is 1. The number of rotatable bonds is 9. The van der Waals surface area contributed by atoms with Gasteiger partial charge in [0.25, 0.3) is 11.5 Å². The van der Waals surface area contributed by atoms with Gasteiger partial charge < -0.3 is 25.3 Å². The van der Waals surface area contributed by atoms with Crippen molar-refractivity contribution in [2.75, 3.05) is 57.6 Å². The lowest BCUT2D eigenvalue weighted by molar-refractivity contribution is 0.0357. The fourth-order valence-electron chi connectivity index (χ4n) is 4.05. The number of nitrogens with zero attached hydrogens (tertiary/aromatic N) is 4. The highest BCUT2D eigenvalue weighted by Gasteiger charge is 2.18. The van der Waals surface area contributed by atoms with Crippen molar-refractivity contribution in [2.24, 2.45) is 0 Å². The number of amides is 1. The number of hydrogen-bond donors (Lipinski definition) is 2. The SMILES string of the molecule is CCn1c(NC(=O)c2cnc(N)cn2)cc2c(OC)c(OCCCN3CCOCC3)ccc2c1=O. The minimum absolute atomic E-state index is 0.0821. The molecule has 1 saturated heterocycles. The monoisotopic (exact) mass is 482 g/mol. The molecule has 1 amide bonds. The molecular formula is C24H30N6O5. The number of hydrogen-bond acceptors (Lipinski definition) is 9. The molecule has 0 saturated carbocycles. The van der Waals surface area contributed by atoms with Crippen LogP contribution in [0.3, 0.4) is 0 Å². The van der Waals surface area contributed by atoms with Crippen LogP contribution in [-0.4, -0.2) is 71.9 Å². The predicted molar refractivity (Wildman–Crippen MR) is 132 cm³/mol. The maximum absolute atomic E-state index is 13.2. The Morgan fingerprint density at radius 2 is 2.00 bits per heavy atom. The first-order valence-corrected chi connectivity index (χ1v) is 11.6. The van der Waals surface area contributed by atoms with Crippen LogP contribution in [0, 0.1) is 0 Å². The number of anilines is 2. The number of pyridine rings is 1. The Hall–Kier alpha value is -3.70. The Kier molecular flexibility index (Phi) is 7.78. The van der Waals surface area contributed by atoms with Crippen molar-refractivity contribution in [3.8, 4) is 11.5 Å². The molecule has 1 aromatic carbocycles. The number of nitrogens with two attached hydrogens (primary N) is 1. The van der Waals surface area contributed by atoms with Gasteiger partial charge in [-0.1, -0.05) is 0 Å². The van der Waals surface area contributed by atoms with Crippen LogP contribution < -0.4 is 26.1 Å². The van der Waals surface area contributed by atoms with Crippen molar-refractivity contribution in [2.45, 2.75) is 19.9 Å². The first-order valence-electron chi connectivity index (χ1n) is 11.6. The zero-order valence-electron chi connectivity index (χ0n) is 20.0. The molecular weight excluding hydrogens is 452 g/mol. The van der Waals surface area contributed by atoms with Crippen molar-refractivity contribution >= 4 is 28.3 Å². The van der Waals surface area contributed by atoms with Gasteiger partial charge in [-0.15, -0.1) is 0 Å². The fourth-order valence-corrected chi connectivity index (χ4v) is 4.05. The summed E-state index contributed by atoms with van der Waals surface area (Å²) in [6, 6.07) is 5.18. The van der Waals surface area contributed by atoms with E-state index < -0.39 is 5.91 Å². The number of nitrogen functional groups attached to an aromatic ring is 1. The molecule has 11 nitrogen and oxygen atoms in total. The van der Waals surface area contributed by atoms with Gasteiger partial charge in [-0.05, 0) is 31.5 Å². The van der Waals surface area contributed by atoms with Crippen molar-refractivity contribution in [1.82, 2.24) is 19.4 Å². The first-order chi connectivity index (χ1) is 17.0. The minimum atomic E-state index is -0.507. The summed E-state index contributed by atoms with van der Waals surface area (Å²) in [5.41, 5.74) is 5.38. The lowest BCUT2D eigenvalue weighted by atomic mass is 10.1. The van der Waals surface area contributed by atoms with Crippen LogP contribution in [0.4, 0.5) is 11.6 Å². The molecule has 1 aliphatic heterocycles. The quantitative estimate of drug-likeness (QED) is 0.438. The summed E-state index contributed by atoms with van der Waals surface area (Å²) in [4.78, 5) is 36.2. The van der Waals surface area contributed by atoms with Gasteiger partial charge in [0.15, 0.2) is 11.5 Å². The van der Waals surface area contributed by atoms with Gasteiger partial charge in [-0.3, -0.25) is 19.1 Å². The molecule has 35 heavy (non-hydrogen) atoms. The molecule has 0 atom stereocenters. The van der Waals surface area contributed by atoms with Crippen LogP contribution in [0.1, 0.15) is 23.8 Å². The van der Waals surface area contributed by atoms with Crippen LogP contribution in [0.2, 0.25) is 0 Å². The first kappa shape index (κ1) is 24.4. The van der Waals surface area contributed by atoms with Crippen LogP contribution in [0.25, 0.3) is 10.8 Å². The third-order valence-electron chi connectivity index (χ3n) is 5.85. The van der Waals surface area contributed by atoms with E-state index in [-0.39, 0.29) is 17.1 Å². The lowest BCUT2D eigenvalue weighted by Gasteiger charge is -2.26. The number of ether oxygens (including phenoxy) is 3. The van der Waals surface area contributed by atoms with Gasteiger partial charge in [0, 0.05) is 31.6 Å². The molecule has 3 aromatic rings. The van der Waals surface area contributed by atoms with E-state index in [1.54, 1.807) is 18.2 Å². The molecule has 11 heteroatoms. The Labute approximate surface area is 202 Å². The van der Waals surface area contributed by atoms with E-state index in [4.69, 9.17) is 19.9 Å². The third kappa shape index (κ3) is 5.52. The Bertz CT molecular complexity index is 1240. The second kappa shape index (κ2) is 11.2. The van der Waals surface area contributed by atoms with Gasteiger partial charge in [0.2, 0.25) is 0 Å². The van der Waals surface area contributed by atoms with Crippen LogP contribution in [0.5, 0.6) is 11.5 Å². The average Bonchev–Trinajstić information content (AvgIpc) is 2.87. The molecule has 0 radical (unpaired) electrons. The molecule has 4 rings (SSSR count). The second-order valence-corrected chi connectivity index (χ2v) is 8.07. The molecule has 3 N–H and O–H groups in total. The zero-order valence-corrected chi connectivity index (χ0v) is 20.0. The van der Waals surface area contributed by atoms with E-state index in [0.29, 0.717) is 41.2 Å². The Morgan fingerprint density at radius 3 is 2.69 bits per heavy atom. The highest BCUT2D eigenvalue weighted by molar-refractivity contribution is 6.03. The van der Waals surface area contributed by atoms with Gasteiger partial charge in [0.1, 0.15) is 17.3 Å². The molecule has 0 spiro atoms. The average molecular weight is 483 g/mol. The number of morpholine rings is 1. The van der Waals surface area contributed by atoms with E-state index >= 15 is 0 Å². The molecule has 186 valence electrons. The predicted octanol–water partition coefficient (Wildman–Crippen LogP) is 1.76. The van der Waals surface area contributed by atoms with Gasteiger partial charge >= 0.3 is 0 Å².